The minimum atomic E-state index is -4.50. The SMILES string of the molecule is COc1cc(N2CCOCC2)ccc1NCCNC(=O)C(NC(c1cccs1)C(F)(F)F)C1CCCCC1. The quantitative estimate of drug-likeness (QED) is 0.341. The Morgan fingerprint density at radius 2 is 1.92 bits per heavy atom. The average Bonchev–Trinajstić information content (AvgIpc) is 3.46. The van der Waals surface area contributed by atoms with Gasteiger partial charge in [-0.2, -0.15) is 13.2 Å². The molecule has 0 spiro atoms. The van der Waals surface area contributed by atoms with Crippen LogP contribution in [-0.4, -0.2) is 64.6 Å². The maximum atomic E-state index is 14.0. The molecule has 2 aromatic rings. The molecule has 0 bridgehead atoms. The van der Waals surface area contributed by atoms with E-state index in [9.17, 15) is 18.0 Å². The molecule has 1 aliphatic carbocycles. The van der Waals surface area contributed by atoms with Gasteiger partial charge in [0.05, 0.1) is 32.1 Å². The highest BCUT2D eigenvalue weighted by atomic mass is 32.1. The van der Waals surface area contributed by atoms with Gasteiger partial charge in [0.1, 0.15) is 11.8 Å². The Balaban J connectivity index is 1.36. The zero-order valence-electron chi connectivity index (χ0n) is 21.7. The molecule has 1 amide bonds. The molecule has 1 aromatic carbocycles. The second kappa shape index (κ2) is 13.5. The highest BCUT2D eigenvalue weighted by molar-refractivity contribution is 7.10. The summed E-state index contributed by atoms with van der Waals surface area (Å²) in [5.74, 6) is 0.166. The number of nitrogens with zero attached hydrogens (tertiary/aromatic N) is 1. The number of anilines is 2. The number of halogens is 3. The first kappa shape index (κ1) is 28.5. The van der Waals surface area contributed by atoms with E-state index in [-0.39, 0.29) is 23.2 Å². The highest BCUT2D eigenvalue weighted by Gasteiger charge is 2.44. The van der Waals surface area contributed by atoms with Gasteiger partial charge in [0.25, 0.3) is 0 Å². The Labute approximate surface area is 226 Å². The van der Waals surface area contributed by atoms with Gasteiger partial charge in [-0.1, -0.05) is 25.3 Å². The van der Waals surface area contributed by atoms with E-state index in [0.717, 1.165) is 67.9 Å². The molecule has 1 aliphatic heterocycles. The summed E-state index contributed by atoms with van der Waals surface area (Å²) in [6, 6.07) is 6.21. The summed E-state index contributed by atoms with van der Waals surface area (Å²) >= 11 is 1.05. The third-order valence-electron chi connectivity index (χ3n) is 7.21. The van der Waals surface area contributed by atoms with Crippen LogP contribution in [0.3, 0.4) is 0 Å². The zero-order valence-corrected chi connectivity index (χ0v) is 22.5. The number of alkyl halides is 3. The van der Waals surface area contributed by atoms with E-state index < -0.39 is 18.3 Å². The van der Waals surface area contributed by atoms with Crippen molar-refractivity contribution >= 4 is 28.6 Å². The number of carbonyl (C=O) groups excluding carboxylic acids is 1. The number of carbonyl (C=O) groups is 1. The Hall–Kier alpha value is -2.50. The van der Waals surface area contributed by atoms with E-state index in [1.165, 1.54) is 6.07 Å². The van der Waals surface area contributed by atoms with Crippen LogP contribution in [-0.2, 0) is 9.53 Å². The monoisotopic (exact) mass is 554 g/mol. The van der Waals surface area contributed by atoms with E-state index >= 15 is 0 Å². The number of nitrogens with one attached hydrogen (secondary N) is 3. The van der Waals surface area contributed by atoms with Crippen LogP contribution in [0.4, 0.5) is 24.5 Å². The minimum Gasteiger partial charge on any atom is -0.495 e. The zero-order chi connectivity index (χ0) is 27.0. The van der Waals surface area contributed by atoms with E-state index in [0.29, 0.717) is 25.5 Å². The number of hydrogen-bond donors (Lipinski definition) is 3. The molecule has 7 nitrogen and oxygen atoms in total. The Bertz CT molecular complexity index is 1010. The van der Waals surface area contributed by atoms with Crippen LogP contribution in [0.1, 0.15) is 43.0 Å². The fourth-order valence-corrected chi connectivity index (χ4v) is 6.01. The molecule has 3 N–H and O–H groups in total. The van der Waals surface area contributed by atoms with E-state index in [2.05, 4.69) is 20.9 Å². The van der Waals surface area contributed by atoms with E-state index in [1.54, 1.807) is 18.6 Å². The smallest absolute Gasteiger partial charge is 0.408 e. The Morgan fingerprint density at radius 1 is 1.16 bits per heavy atom. The molecular weight excluding hydrogens is 517 g/mol. The molecule has 2 heterocycles. The van der Waals surface area contributed by atoms with Crippen molar-refractivity contribution in [2.45, 2.75) is 50.4 Å². The second-order valence-electron chi connectivity index (χ2n) is 9.73. The first-order chi connectivity index (χ1) is 18.4. The third-order valence-corrected chi connectivity index (χ3v) is 8.14. The fourth-order valence-electron chi connectivity index (χ4n) is 5.20. The lowest BCUT2D eigenvalue weighted by atomic mass is 9.83. The predicted molar refractivity (Wildman–Crippen MR) is 144 cm³/mol. The summed E-state index contributed by atoms with van der Waals surface area (Å²) in [6.45, 7) is 3.70. The number of thiophene rings is 1. The summed E-state index contributed by atoms with van der Waals surface area (Å²) in [6.07, 6.45) is -0.116. The van der Waals surface area contributed by atoms with Crippen molar-refractivity contribution in [3.8, 4) is 5.75 Å². The standard InChI is InChI=1S/C27H37F3N4O3S/c1-36-22-18-20(34-13-15-37-16-14-34)9-10-21(22)31-11-12-32-26(35)24(19-6-3-2-4-7-19)33-25(27(28,29)30)23-8-5-17-38-23/h5,8-10,17-19,24-25,31,33H,2-4,6-7,11-16H2,1H3,(H,32,35). The van der Waals surface area contributed by atoms with Gasteiger partial charge in [0, 0.05) is 42.8 Å². The molecule has 2 fully saturated rings. The summed E-state index contributed by atoms with van der Waals surface area (Å²) < 4.78 is 52.9. The van der Waals surface area contributed by atoms with Crippen molar-refractivity contribution in [3.63, 3.8) is 0 Å². The molecule has 2 unspecified atom stereocenters. The lowest BCUT2D eigenvalue weighted by molar-refractivity contribution is -0.161. The van der Waals surface area contributed by atoms with Gasteiger partial charge in [0.15, 0.2) is 0 Å². The lowest BCUT2D eigenvalue weighted by Gasteiger charge is -2.33. The summed E-state index contributed by atoms with van der Waals surface area (Å²) in [7, 11) is 1.61. The van der Waals surface area contributed by atoms with Crippen LogP contribution in [0.25, 0.3) is 0 Å². The van der Waals surface area contributed by atoms with Crippen molar-refractivity contribution in [1.29, 1.82) is 0 Å². The molecule has 11 heteroatoms. The molecule has 1 saturated heterocycles. The van der Waals surface area contributed by atoms with Gasteiger partial charge in [-0.05, 0) is 42.3 Å². The molecule has 2 aliphatic rings. The first-order valence-corrected chi connectivity index (χ1v) is 14.1. The number of methoxy groups -OCH3 is 1. The predicted octanol–water partition coefficient (Wildman–Crippen LogP) is 4.96. The normalized spacial score (nSPS) is 18.6. The van der Waals surface area contributed by atoms with Crippen molar-refractivity contribution in [2.75, 3.05) is 56.7 Å². The van der Waals surface area contributed by atoms with Gasteiger partial charge in [-0.25, -0.2) is 0 Å². The van der Waals surface area contributed by atoms with Crippen LogP contribution in [0.2, 0.25) is 0 Å². The van der Waals surface area contributed by atoms with Crippen LogP contribution in [0.15, 0.2) is 35.7 Å². The van der Waals surface area contributed by atoms with Gasteiger partial charge in [-0.15, -0.1) is 11.3 Å². The highest BCUT2D eigenvalue weighted by Crippen LogP contribution is 2.37. The topological polar surface area (TPSA) is 74.9 Å². The molecule has 0 radical (unpaired) electrons. The van der Waals surface area contributed by atoms with Gasteiger partial charge in [-0.3, -0.25) is 10.1 Å². The molecule has 38 heavy (non-hydrogen) atoms. The van der Waals surface area contributed by atoms with Crippen LogP contribution in [0, 0.1) is 5.92 Å². The van der Waals surface area contributed by atoms with E-state index in [1.807, 2.05) is 18.2 Å². The summed E-state index contributed by atoms with van der Waals surface area (Å²) in [5.41, 5.74) is 1.84. The lowest BCUT2D eigenvalue weighted by Crippen LogP contribution is -2.53. The van der Waals surface area contributed by atoms with Gasteiger partial charge >= 0.3 is 6.18 Å². The number of morpholine rings is 1. The Kier molecular flexibility index (Phi) is 10.1. The molecule has 210 valence electrons. The second-order valence-corrected chi connectivity index (χ2v) is 10.7. The number of rotatable bonds is 11. The minimum absolute atomic E-state index is 0.130. The molecule has 2 atom stereocenters. The van der Waals surface area contributed by atoms with Crippen molar-refractivity contribution in [3.05, 3.63) is 40.6 Å². The van der Waals surface area contributed by atoms with Crippen molar-refractivity contribution < 1.29 is 27.4 Å². The van der Waals surface area contributed by atoms with Crippen LogP contribution >= 0.6 is 11.3 Å². The number of hydrogen-bond acceptors (Lipinski definition) is 7. The Morgan fingerprint density at radius 3 is 2.58 bits per heavy atom. The van der Waals surface area contributed by atoms with Crippen LogP contribution < -0.4 is 25.6 Å². The van der Waals surface area contributed by atoms with Crippen molar-refractivity contribution in [2.24, 2.45) is 5.92 Å². The molecule has 1 saturated carbocycles. The summed E-state index contributed by atoms with van der Waals surface area (Å²) in [4.78, 5) is 15.6. The van der Waals surface area contributed by atoms with E-state index in [4.69, 9.17) is 9.47 Å². The third kappa shape index (κ3) is 7.54. The largest absolute Gasteiger partial charge is 0.495 e. The molecule has 1 aromatic heterocycles. The van der Waals surface area contributed by atoms with Crippen molar-refractivity contribution in [1.82, 2.24) is 10.6 Å². The molecular formula is C27H37F3N4O3S. The first-order valence-electron chi connectivity index (χ1n) is 13.3. The fraction of sp³-hybridized carbons (Fsp3) is 0.593. The van der Waals surface area contributed by atoms with Gasteiger partial charge < -0.3 is 25.0 Å². The number of amides is 1. The average molecular weight is 555 g/mol. The summed E-state index contributed by atoms with van der Waals surface area (Å²) in [5, 5.41) is 10.5. The van der Waals surface area contributed by atoms with Gasteiger partial charge in [0.2, 0.25) is 5.91 Å². The molecule has 4 rings (SSSR count). The maximum absolute atomic E-state index is 14.0. The number of benzene rings is 1. The maximum Gasteiger partial charge on any atom is 0.408 e. The van der Waals surface area contributed by atoms with Crippen LogP contribution in [0.5, 0.6) is 5.75 Å². The number of ether oxygens (including phenoxy) is 2.